The van der Waals surface area contributed by atoms with Gasteiger partial charge in [0.15, 0.2) is 0 Å². The highest BCUT2D eigenvalue weighted by Gasteiger charge is 2.14. The van der Waals surface area contributed by atoms with Crippen LogP contribution in [0.1, 0.15) is 31.4 Å². The van der Waals surface area contributed by atoms with E-state index < -0.39 is 6.43 Å². The number of hydrogen-bond donors (Lipinski definition) is 0. The molecule has 14 heavy (non-hydrogen) atoms. The molecule has 0 bridgehead atoms. The first-order valence-electron chi connectivity index (χ1n) is 4.56. The molecule has 1 aromatic carbocycles. The zero-order valence-electron chi connectivity index (χ0n) is 8.55. The van der Waals surface area contributed by atoms with Gasteiger partial charge in [0.2, 0.25) is 0 Å². The van der Waals surface area contributed by atoms with Crippen molar-refractivity contribution in [2.75, 3.05) is 0 Å². The van der Waals surface area contributed by atoms with Gasteiger partial charge in [0.25, 0.3) is 6.43 Å². The summed E-state index contributed by atoms with van der Waals surface area (Å²) in [5.41, 5.74) is 0.787. The molecule has 1 rings (SSSR count). The first-order chi connectivity index (χ1) is 6.50. The lowest BCUT2D eigenvalue weighted by atomic mass is 10.1. The van der Waals surface area contributed by atoms with Gasteiger partial charge in [0.05, 0.1) is 11.7 Å². The lowest BCUT2D eigenvalue weighted by molar-refractivity contribution is 0.141. The highest BCUT2D eigenvalue weighted by Crippen LogP contribution is 2.30. The highest BCUT2D eigenvalue weighted by molar-refractivity contribution is 5.37. The molecule has 0 aliphatic carbocycles. The zero-order valence-corrected chi connectivity index (χ0v) is 8.55. The molecule has 0 aliphatic heterocycles. The third-order valence-electron chi connectivity index (χ3n) is 1.76. The summed E-state index contributed by atoms with van der Waals surface area (Å²) < 4.78 is 30.4. The number of ether oxygens (including phenoxy) is 1. The Morgan fingerprint density at radius 1 is 1.21 bits per heavy atom. The maximum absolute atomic E-state index is 12.6. The van der Waals surface area contributed by atoms with Gasteiger partial charge in [0, 0.05) is 0 Å². The van der Waals surface area contributed by atoms with Crippen LogP contribution in [0.25, 0.3) is 0 Å². The van der Waals surface area contributed by atoms with Gasteiger partial charge in [-0.2, -0.15) is 0 Å². The number of halogens is 2. The predicted molar refractivity (Wildman–Crippen MR) is 51.9 cm³/mol. The van der Waals surface area contributed by atoms with E-state index in [0.29, 0.717) is 0 Å². The molecule has 0 radical (unpaired) electrons. The fourth-order valence-electron chi connectivity index (χ4n) is 1.20. The third-order valence-corrected chi connectivity index (χ3v) is 1.76. The molecule has 0 aliphatic rings. The van der Waals surface area contributed by atoms with Gasteiger partial charge < -0.3 is 4.74 Å². The first-order valence-corrected chi connectivity index (χ1v) is 4.56. The molecule has 0 amide bonds. The van der Waals surface area contributed by atoms with Crippen molar-refractivity contribution in [2.24, 2.45) is 0 Å². The number of alkyl halides is 2. The molecule has 0 atom stereocenters. The molecule has 1 nitrogen and oxygen atoms in total. The van der Waals surface area contributed by atoms with E-state index in [4.69, 9.17) is 4.74 Å². The van der Waals surface area contributed by atoms with Crippen LogP contribution in [-0.2, 0) is 0 Å². The largest absolute Gasteiger partial charge is 0.491 e. The summed E-state index contributed by atoms with van der Waals surface area (Å²) >= 11 is 0. The van der Waals surface area contributed by atoms with E-state index in [1.54, 1.807) is 19.1 Å². The lowest BCUT2D eigenvalue weighted by Gasteiger charge is -2.14. The smallest absolute Gasteiger partial charge is 0.267 e. The van der Waals surface area contributed by atoms with Crippen LogP contribution in [-0.4, -0.2) is 6.10 Å². The van der Waals surface area contributed by atoms with E-state index in [1.165, 1.54) is 6.07 Å². The molecule has 0 aromatic heterocycles. The molecule has 0 unspecified atom stereocenters. The van der Waals surface area contributed by atoms with Crippen LogP contribution in [0.4, 0.5) is 8.78 Å². The molecule has 0 spiro atoms. The first kappa shape index (κ1) is 11.0. The predicted octanol–water partition coefficient (Wildman–Crippen LogP) is 3.72. The summed E-state index contributed by atoms with van der Waals surface area (Å²) in [5.74, 6) is 0.278. The minimum absolute atomic E-state index is 0.0290. The Kier molecular flexibility index (Phi) is 3.44. The molecule has 0 fully saturated rings. The lowest BCUT2D eigenvalue weighted by Crippen LogP contribution is -2.07. The fraction of sp³-hybridized carbons (Fsp3) is 0.455. The SMILES string of the molecule is Cc1ccc(OC(C)C)c(C(F)F)c1. The van der Waals surface area contributed by atoms with E-state index in [2.05, 4.69) is 0 Å². The van der Waals surface area contributed by atoms with Crippen LogP contribution in [0, 0.1) is 6.92 Å². The second-order valence-corrected chi connectivity index (χ2v) is 3.51. The van der Waals surface area contributed by atoms with Crippen LogP contribution >= 0.6 is 0 Å². The summed E-state index contributed by atoms with van der Waals surface area (Å²) in [6.45, 7) is 5.41. The van der Waals surface area contributed by atoms with Crippen molar-refractivity contribution in [1.82, 2.24) is 0 Å². The highest BCUT2D eigenvalue weighted by atomic mass is 19.3. The minimum atomic E-state index is -2.48. The van der Waals surface area contributed by atoms with E-state index in [-0.39, 0.29) is 17.4 Å². The molecular weight excluding hydrogens is 186 g/mol. The summed E-state index contributed by atoms with van der Waals surface area (Å²) in [6, 6.07) is 4.82. The van der Waals surface area contributed by atoms with Crippen molar-refractivity contribution >= 4 is 0 Å². The van der Waals surface area contributed by atoms with Gasteiger partial charge in [0.1, 0.15) is 5.75 Å². The molecule has 0 heterocycles. The van der Waals surface area contributed by atoms with Crippen molar-refractivity contribution in [3.8, 4) is 5.75 Å². The van der Waals surface area contributed by atoms with Gasteiger partial charge in [-0.3, -0.25) is 0 Å². The number of benzene rings is 1. The van der Waals surface area contributed by atoms with Crippen LogP contribution in [0.15, 0.2) is 18.2 Å². The van der Waals surface area contributed by atoms with Crippen LogP contribution in [0.2, 0.25) is 0 Å². The minimum Gasteiger partial charge on any atom is -0.491 e. The molecule has 1 aromatic rings. The summed E-state index contributed by atoms with van der Waals surface area (Å²) in [6.07, 6.45) is -2.57. The van der Waals surface area contributed by atoms with E-state index in [1.807, 2.05) is 13.8 Å². The Bertz CT molecular complexity index is 308. The standard InChI is InChI=1S/C11H14F2O/c1-7(2)14-10-5-4-8(3)6-9(10)11(12)13/h4-7,11H,1-3H3. The summed E-state index contributed by atoms with van der Waals surface area (Å²) in [4.78, 5) is 0. The van der Waals surface area contributed by atoms with E-state index in [0.717, 1.165) is 5.56 Å². The quantitative estimate of drug-likeness (QED) is 0.722. The fourth-order valence-corrected chi connectivity index (χ4v) is 1.20. The number of rotatable bonds is 3. The van der Waals surface area contributed by atoms with Crippen molar-refractivity contribution < 1.29 is 13.5 Å². The van der Waals surface area contributed by atoms with Crippen LogP contribution < -0.4 is 4.74 Å². The van der Waals surface area contributed by atoms with Gasteiger partial charge in [-0.1, -0.05) is 11.6 Å². The molecule has 3 heteroatoms. The number of hydrogen-bond acceptors (Lipinski definition) is 1. The average molecular weight is 200 g/mol. The maximum atomic E-state index is 12.6. The Morgan fingerprint density at radius 3 is 2.36 bits per heavy atom. The van der Waals surface area contributed by atoms with Crippen molar-refractivity contribution in [3.63, 3.8) is 0 Å². The average Bonchev–Trinajstić information content (AvgIpc) is 2.07. The number of aryl methyl sites for hydroxylation is 1. The molecule has 0 saturated heterocycles. The monoisotopic (exact) mass is 200 g/mol. The Labute approximate surface area is 82.7 Å². The molecule has 78 valence electrons. The van der Waals surface area contributed by atoms with Crippen molar-refractivity contribution in [2.45, 2.75) is 33.3 Å². The van der Waals surface area contributed by atoms with Crippen LogP contribution in [0.3, 0.4) is 0 Å². The molecule has 0 saturated carbocycles. The van der Waals surface area contributed by atoms with E-state index in [9.17, 15) is 8.78 Å². The van der Waals surface area contributed by atoms with Gasteiger partial charge >= 0.3 is 0 Å². The summed E-state index contributed by atoms with van der Waals surface area (Å²) in [5, 5.41) is 0. The van der Waals surface area contributed by atoms with E-state index >= 15 is 0 Å². The van der Waals surface area contributed by atoms with Crippen molar-refractivity contribution in [1.29, 1.82) is 0 Å². The second kappa shape index (κ2) is 4.40. The van der Waals surface area contributed by atoms with Gasteiger partial charge in [-0.25, -0.2) is 8.78 Å². The molecule has 0 N–H and O–H groups in total. The molecular formula is C11H14F2O. The third kappa shape index (κ3) is 2.69. The zero-order chi connectivity index (χ0) is 10.7. The normalized spacial score (nSPS) is 11.1. The summed E-state index contributed by atoms with van der Waals surface area (Å²) in [7, 11) is 0. The Hall–Kier alpha value is -1.12. The van der Waals surface area contributed by atoms with Gasteiger partial charge in [-0.05, 0) is 32.9 Å². The van der Waals surface area contributed by atoms with Gasteiger partial charge in [-0.15, -0.1) is 0 Å². The van der Waals surface area contributed by atoms with Crippen molar-refractivity contribution in [3.05, 3.63) is 29.3 Å². The van der Waals surface area contributed by atoms with Crippen LogP contribution in [0.5, 0.6) is 5.75 Å². The topological polar surface area (TPSA) is 9.23 Å². The Morgan fingerprint density at radius 2 is 1.86 bits per heavy atom. The maximum Gasteiger partial charge on any atom is 0.267 e. The second-order valence-electron chi connectivity index (χ2n) is 3.51. The Balaban J connectivity index is 3.02.